The summed E-state index contributed by atoms with van der Waals surface area (Å²) in [6, 6.07) is 28.8. The van der Waals surface area contributed by atoms with Crippen LogP contribution in [0, 0.1) is 0 Å². The molecule has 5 heteroatoms. The highest BCUT2D eigenvalue weighted by molar-refractivity contribution is 8.18. The quantitative estimate of drug-likeness (QED) is 0.527. The van der Waals surface area contributed by atoms with E-state index in [1.165, 1.54) is 5.56 Å². The number of hydrogen-bond donors (Lipinski definition) is 2. The summed E-state index contributed by atoms with van der Waals surface area (Å²) < 4.78 is 0. The predicted molar refractivity (Wildman–Crippen MR) is 122 cm³/mol. The van der Waals surface area contributed by atoms with Crippen LogP contribution in [-0.4, -0.2) is 11.1 Å². The zero-order chi connectivity index (χ0) is 20.9. The number of nitrogens with one attached hydrogen (secondary N) is 2. The van der Waals surface area contributed by atoms with Gasteiger partial charge < -0.3 is 0 Å². The molecule has 1 saturated heterocycles. The number of thioether (sulfide) groups is 1. The van der Waals surface area contributed by atoms with Gasteiger partial charge in [-0.1, -0.05) is 78.9 Å². The Morgan fingerprint density at radius 3 is 2.10 bits per heavy atom. The van der Waals surface area contributed by atoms with Crippen molar-refractivity contribution in [3.8, 4) is 0 Å². The Morgan fingerprint density at radius 2 is 1.47 bits per heavy atom. The maximum Gasteiger partial charge on any atom is 0.290 e. The van der Waals surface area contributed by atoms with E-state index >= 15 is 0 Å². The second-order valence-electron chi connectivity index (χ2n) is 7.17. The van der Waals surface area contributed by atoms with E-state index < -0.39 is 0 Å². The number of rotatable bonds is 6. The average Bonchev–Trinajstić information content (AvgIpc) is 3.09. The lowest BCUT2D eigenvalue weighted by atomic mass is 9.95. The number of hydrogen-bond acceptors (Lipinski definition) is 4. The van der Waals surface area contributed by atoms with E-state index in [1.807, 2.05) is 48.5 Å². The molecule has 0 aliphatic carbocycles. The summed E-state index contributed by atoms with van der Waals surface area (Å²) in [6.07, 6.45) is 1.76. The Kier molecular flexibility index (Phi) is 6.12. The third kappa shape index (κ3) is 4.70. The molecule has 150 valence electrons. The first kappa shape index (κ1) is 20.1. The summed E-state index contributed by atoms with van der Waals surface area (Å²) in [4.78, 5) is 23.8. The second-order valence-corrected chi connectivity index (χ2v) is 8.18. The molecule has 1 unspecified atom stereocenters. The van der Waals surface area contributed by atoms with E-state index in [1.54, 1.807) is 6.08 Å². The van der Waals surface area contributed by atoms with Gasteiger partial charge in [-0.2, -0.15) is 0 Å². The Bertz CT molecular complexity index is 1080. The van der Waals surface area contributed by atoms with Crippen molar-refractivity contribution in [2.75, 3.05) is 0 Å². The summed E-state index contributed by atoms with van der Waals surface area (Å²) in [6.45, 7) is 2.15. The second kappa shape index (κ2) is 9.11. The van der Waals surface area contributed by atoms with E-state index in [2.05, 4.69) is 54.0 Å². The van der Waals surface area contributed by atoms with Crippen molar-refractivity contribution in [1.82, 2.24) is 10.6 Å². The first-order chi connectivity index (χ1) is 14.6. The maximum absolute atomic E-state index is 11.9. The summed E-state index contributed by atoms with van der Waals surface area (Å²) in [5, 5.41) is 5.71. The lowest BCUT2D eigenvalue weighted by Crippen LogP contribution is -2.25. The summed E-state index contributed by atoms with van der Waals surface area (Å²) >= 11 is 0.933. The minimum absolute atomic E-state index is 0.0218. The molecule has 1 aliphatic rings. The molecule has 2 N–H and O–H groups in total. The van der Waals surface area contributed by atoms with E-state index in [4.69, 9.17) is 0 Å². The van der Waals surface area contributed by atoms with Crippen molar-refractivity contribution < 1.29 is 9.59 Å². The fraction of sp³-hybridized carbons (Fsp3) is 0.120. The zero-order valence-electron chi connectivity index (χ0n) is 16.5. The lowest BCUT2D eigenvalue weighted by molar-refractivity contribution is -0.115. The van der Waals surface area contributed by atoms with Crippen molar-refractivity contribution in [3.05, 3.63) is 112 Å². The smallest absolute Gasteiger partial charge is 0.290 e. The van der Waals surface area contributed by atoms with Gasteiger partial charge in [-0.3, -0.25) is 20.2 Å². The Hall–Kier alpha value is -3.15. The number of benzene rings is 3. The summed E-state index contributed by atoms with van der Waals surface area (Å²) in [5.41, 5.74) is 4.35. The molecule has 3 aromatic rings. The normalized spacial score (nSPS) is 17.0. The van der Waals surface area contributed by atoms with Crippen LogP contribution >= 0.6 is 11.8 Å². The molecule has 1 heterocycles. The highest BCUT2D eigenvalue weighted by Gasteiger charge is 2.25. The minimum atomic E-state index is -0.342. The first-order valence-corrected chi connectivity index (χ1v) is 10.6. The average molecular weight is 415 g/mol. The van der Waals surface area contributed by atoms with Crippen molar-refractivity contribution >= 4 is 29.0 Å². The van der Waals surface area contributed by atoms with Crippen LogP contribution in [0.15, 0.2) is 89.8 Å². The van der Waals surface area contributed by atoms with Crippen LogP contribution in [0.4, 0.5) is 4.79 Å². The first-order valence-electron chi connectivity index (χ1n) is 9.81. The lowest BCUT2D eigenvalue weighted by Gasteiger charge is -2.25. The van der Waals surface area contributed by atoms with Crippen LogP contribution in [-0.2, 0) is 4.79 Å². The van der Waals surface area contributed by atoms with E-state index in [0.717, 1.165) is 28.5 Å². The molecule has 2 atom stereocenters. The minimum Gasteiger partial charge on any atom is -0.300 e. The fourth-order valence-electron chi connectivity index (χ4n) is 3.52. The van der Waals surface area contributed by atoms with Gasteiger partial charge in [-0.25, -0.2) is 0 Å². The summed E-state index contributed by atoms with van der Waals surface area (Å²) in [5.74, 6) is -0.342. The molecule has 30 heavy (non-hydrogen) atoms. The number of imide groups is 1. The Labute approximate surface area is 180 Å². The Balaban J connectivity index is 1.67. The van der Waals surface area contributed by atoms with Gasteiger partial charge in [0.15, 0.2) is 0 Å². The monoisotopic (exact) mass is 414 g/mol. The highest BCUT2D eigenvalue weighted by Crippen LogP contribution is 2.29. The predicted octanol–water partition coefficient (Wildman–Crippen LogP) is 5.45. The SMILES string of the molecule is C[C@@H](NC(c1ccccc1)c1cccc(C=C2SC(=O)NC2=O)c1)c1ccccc1. The van der Waals surface area contributed by atoms with Gasteiger partial charge in [0.1, 0.15) is 0 Å². The molecule has 4 nitrogen and oxygen atoms in total. The standard InChI is InChI=1S/C25H22N2O2S/c1-17(19-10-4-2-5-11-19)26-23(20-12-6-3-7-13-20)21-14-8-9-18(15-21)16-22-24(28)27-25(29)30-22/h2-17,23,26H,1H3,(H,27,28,29)/t17-,23?/m1/s1. The zero-order valence-corrected chi connectivity index (χ0v) is 17.4. The largest absolute Gasteiger partial charge is 0.300 e. The molecule has 0 saturated carbocycles. The van der Waals surface area contributed by atoms with Gasteiger partial charge in [0.2, 0.25) is 0 Å². The van der Waals surface area contributed by atoms with Gasteiger partial charge in [-0.05, 0) is 53.1 Å². The summed E-state index contributed by atoms with van der Waals surface area (Å²) in [7, 11) is 0. The van der Waals surface area contributed by atoms with Crippen LogP contribution in [0.3, 0.4) is 0 Å². The molecular weight excluding hydrogens is 392 g/mol. The molecular formula is C25H22N2O2S. The van der Waals surface area contributed by atoms with Crippen LogP contribution in [0.5, 0.6) is 0 Å². The van der Waals surface area contributed by atoms with Gasteiger partial charge in [-0.15, -0.1) is 0 Å². The van der Waals surface area contributed by atoms with E-state index in [0.29, 0.717) is 4.91 Å². The van der Waals surface area contributed by atoms with Crippen LogP contribution in [0.2, 0.25) is 0 Å². The molecule has 2 amide bonds. The molecule has 4 rings (SSSR count). The number of carbonyl (C=O) groups excluding carboxylic acids is 2. The molecule has 3 aromatic carbocycles. The van der Waals surface area contributed by atoms with Gasteiger partial charge in [0, 0.05) is 6.04 Å². The van der Waals surface area contributed by atoms with Crippen LogP contribution in [0.1, 0.15) is 41.3 Å². The van der Waals surface area contributed by atoms with Crippen molar-refractivity contribution in [2.45, 2.75) is 19.0 Å². The topological polar surface area (TPSA) is 58.2 Å². The highest BCUT2D eigenvalue weighted by atomic mass is 32.2. The Morgan fingerprint density at radius 1 is 0.833 bits per heavy atom. The van der Waals surface area contributed by atoms with Gasteiger partial charge in [0.05, 0.1) is 10.9 Å². The van der Waals surface area contributed by atoms with E-state index in [-0.39, 0.29) is 23.2 Å². The van der Waals surface area contributed by atoms with Crippen LogP contribution < -0.4 is 10.6 Å². The molecule has 0 bridgehead atoms. The fourth-order valence-corrected chi connectivity index (χ4v) is 4.20. The number of carbonyl (C=O) groups is 2. The molecule has 1 aliphatic heterocycles. The molecule has 0 spiro atoms. The third-order valence-electron chi connectivity index (χ3n) is 5.03. The molecule has 0 aromatic heterocycles. The van der Waals surface area contributed by atoms with Crippen LogP contribution in [0.25, 0.3) is 6.08 Å². The molecule has 0 radical (unpaired) electrons. The van der Waals surface area contributed by atoms with Crippen molar-refractivity contribution in [1.29, 1.82) is 0 Å². The van der Waals surface area contributed by atoms with Crippen molar-refractivity contribution in [3.63, 3.8) is 0 Å². The van der Waals surface area contributed by atoms with Crippen molar-refractivity contribution in [2.24, 2.45) is 0 Å². The number of amides is 2. The molecule has 1 fully saturated rings. The third-order valence-corrected chi connectivity index (χ3v) is 5.84. The van der Waals surface area contributed by atoms with Gasteiger partial charge in [0.25, 0.3) is 11.1 Å². The van der Waals surface area contributed by atoms with Gasteiger partial charge >= 0.3 is 0 Å². The van der Waals surface area contributed by atoms with E-state index in [9.17, 15) is 9.59 Å². The maximum atomic E-state index is 11.9.